The number of ether oxygens (including phenoxy) is 2. The Kier molecular flexibility index (Phi) is 6.76. The van der Waals surface area contributed by atoms with Gasteiger partial charge in [-0.05, 0) is 42.5 Å². The van der Waals surface area contributed by atoms with Gasteiger partial charge in [0.25, 0.3) is 0 Å². The Bertz CT molecular complexity index is 1070. The number of anilines is 2. The first-order valence-corrected chi connectivity index (χ1v) is 9.63. The first kappa shape index (κ1) is 20.3. The predicted octanol–water partition coefficient (Wildman–Crippen LogP) is 4.65. The number of hydrogen-bond donors (Lipinski definition) is 2. The minimum Gasteiger partial charge on any atom is -0.493 e. The Morgan fingerprint density at radius 2 is 1.38 bits per heavy atom. The van der Waals surface area contributed by atoms with Crippen LogP contribution in [-0.4, -0.2) is 24.2 Å². The van der Waals surface area contributed by atoms with E-state index in [1.165, 1.54) is 16.1 Å². The van der Waals surface area contributed by atoms with Crippen molar-refractivity contribution in [3.63, 3.8) is 0 Å². The summed E-state index contributed by atoms with van der Waals surface area (Å²) in [5.74, 6) is 1.68. The van der Waals surface area contributed by atoms with Crippen molar-refractivity contribution in [3.8, 4) is 11.5 Å². The number of rotatable bonds is 4. The van der Waals surface area contributed by atoms with Crippen molar-refractivity contribution >= 4 is 34.2 Å². The molecule has 6 nitrogen and oxygen atoms in total. The van der Waals surface area contributed by atoms with Crippen molar-refractivity contribution < 1.29 is 9.47 Å². The number of methoxy groups -OCH3 is 2. The van der Waals surface area contributed by atoms with E-state index in [4.69, 9.17) is 20.9 Å². The largest absolute Gasteiger partial charge is 0.493 e. The molecule has 0 spiro atoms. The van der Waals surface area contributed by atoms with E-state index in [1.54, 1.807) is 38.1 Å². The maximum Gasteiger partial charge on any atom is 0.162 e. The van der Waals surface area contributed by atoms with Crippen LogP contribution in [0.3, 0.4) is 0 Å². The zero-order valence-electron chi connectivity index (χ0n) is 16.2. The molecule has 4 aromatic rings. The summed E-state index contributed by atoms with van der Waals surface area (Å²) in [6.07, 6.45) is 1.42. The fourth-order valence-corrected chi connectivity index (χ4v) is 3.40. The maximum absolute atomic E-state index is 5.72. The number of fused-ring (bicyclic) bond motifs is 1. The average Bonchev–Trinajstić information content (AvgIpc) is 2.76. The molecule has 0 aliphatic heterocycles. The molecule has 0 fully saturated rings. The normalized spacial score (nSPS) is 10.1. The van der Waals surface area contributed by atoms with Gasteiger partial charge in [-0.25, -0.2) is 9.97 Å². The van der Waals surface area contributed by atoms with E-state index >= 15 is 0 Å². The van der Waals surface area contributed by atoms with Crippen LogP contribution in [0.25, 0.3) is 10.9 Å². The van der Waals surface area contributed by atoms with Crippen LogP contribution in [0.15, 0.2) is 82.8 Å². The molecule has 1 heterocycles. The molecule has 3 aromatic carbocycles. The van der Waals surface area contributed by atoms with Crippen molar-refractivity contribution in [1.29, 1.82) is 0 Å². The zero-order valence-corrected chi connectivity index (χ0v) is 17.0. The number of aromatic nitrogens is 2. The van der Waals surface area contributed by atoms with Gasteiger partial charge in [-0.3, -0.25) is 0 Å². The highest BCUT2D eigenvalue weighted by Crippen LogP contribution is 2.32. The van der Waals surface area contributed by atoms with E-state index in [0.29, 0.717) is 17.3 Å². The Balaban J connectivity index is 0.000000166. The molecule has 0 atom stereocenters. The maximum atomic E-state index is 5.72. The van der Waals surface area contributed by atoms with Gasteiger partial charge in [-0.15, -0.1) is 0 Å². The van der Waals surface area contributed by atoms with E-state index in [-0.39, 0.29) is 0 Å². The second-order valence-corrected chi connectivity index (χ2v) is 7.11. The molecule has 0 amide bonds. The summed E-state index contributed by atoms with van der Waals surface area (Å²) in [5.41, 5.74) is 12.9. The lowest BCUT2D eigenvalue weighted by Crippen LogP contribution is -1.96. The van der Waals surface area contributed by atoms with Gasteiger partial charge in [0.05, 0.1) is 19.7 Å². The van der Waals surface area contributed by atoms with Crippen LogP contribution in [0.4, 0.5) is 11.5 Å². The summed E-state index contributed by atoms with van der Waals surface area (Å²) >= 11 is 1.74. The van der Waals surface area contributed by atoms with Crippen LogP contribution >= 0.6 is 11.8 Å². The Hall–Kier alpha value is -3.45. The van der Waals surface area contributed by atoms with Crippen molar-refractivity contribution in [1.82, 2.24) is 9.97 Å². The van der Waals surface area contributed by atoms with E-state index in [0.717, 1.165) is 16.6 Å². The lowest BCUT2D eigenvalue weighted by Gasteiger charge is -2.08. The van der Waals surface area contributed by atoms with Gasteiger partial charge in [-0.1, -0.05) is 30.0 Å². The molecule has 7 heteroatoms. The topological polar surface area (TPSA) is 96.3 Å². The molecule has 0 radical (unpaired) electrons. The van der Waals surface area contributed by atoms with E-state index in [2.05, 4.69) is 22.1 Å². The first-order valence-electron chi connectivity index (χ1n) is 8.81. The van der Waals surface area contributed by atoms with E-state index in [1.807, 2.05) is 42.5 Å². The third kappa shape index (κ3) is 5.30. The highest BCUT2D eigenvalue weighted by Gasteiger charge is 2.08. The highest BCUT2D eigenvalue weighted by molar-refractivity contribution is 7.99. The Labute approximate surface area is 173 Å². The van der Waals surface area contributed by atoms with Crippen molar-refractivity contribution in [2.75, 3.05) is 25.7 Å². The molecule has 0 saturated carbocycles. The molecule has 4 N–H and O–H groups in total. The summed E-state index contributed by atoms with van der Waals surface area (Å²) in [6, 6.07) is 21.8. The third-order valence-electron chi connectivity index (χ3n) is 4.03. The molecule has 1 aromatic heterocycles. The van der Waals surface area contributed by atoms with E-state index in [9.17, 15) is 0 Å². The molecular formula is C22H22N4O2S. The lowest BCUT2D eigenvalue weighted by atomic mass is 10.2. The second kappa shape index (κ2) is 9.66. The van der Waals surface area contributed by atoms with Gasteiger partial charge >= 0.3 is 0 Å². The molecule has 0 aliphatic rings. The molecule has 0 bridgehead atoms. The van der Waals surface area contributed by atoms with Gasteiger partial charge in [-0.2, -0.15) is 0 Å². The summed E-state index contributed by atoms with van der Waals surface area (Å²) < 4.78 is 10.3. The number of hydrogen-bond acceptors (Lipinski definition) is 7. The summed E-state index contributed by atoms with van der Waals surface area (Å²) in [7, 11) is 3.15. The van der Waals surface area contributed by atoms with Crippen LogP contribution in [0.1, 0.15) is 0 Å². The Morgan fingerprint density at radius 1 is 0.759 bits per heavy atom. The van der Waals surface area contributed by atoms with Crippen molar-refractivity contribution in [2.45, 2.75) is 9.79 Å². The van der Waals surface area contributed by atoms with Crippen LogP contribution in [0, 0.1) is 0 Å². The second-order valence-electron chi connectivity index (χ2n) is 5.97. The minimum absolute atomic E-state index is 0.431. The summed E-state index contributed by atoms with van der Waals surface area (Å²) in [6.45, 7) is 0. The molecule has 0 aliphatic carbocycles. The third-order valence-corrected chi connectivity index (χ3v) is 5.05. The molecule has 0 unspecified atom stereocenters. The van der Waals surface area contributed by atoms with Crippen molar-refractivity contribution in [2.24, 2.45) is 0 Å². The van der Waals surface area contributed by atoms with Gasteiger partial charge < -0.3 is 20.9 Å². The summed E-state index contributed by atoms with van der Waals surface area (Å²) in [4.78, 5) is 10.5. The predicted molar refractivity (Wildman–Crippen MR) is 118 cm³/mol. The average molecular weight is 407 g/mol. The van der Waals surface area contributed by atoms with Crippen LogP contribution in [0.5, 0.6) is 11.5 Å². The Morgan fingerprint density at radius 3 is 2.03 bits per heavy atom. The quantitative estimate of drug-likeness (QED) is 0.476. The molecular weight excluding hydrogens is 384 g/mol. The molecule has 0 saturated heterocycles. The molecule has 29 heavy (non-hydrogen) atoms. The number of nitrogens with zero attached hydrogens (tertiary/aromatic N) is 2. The zero-order chi connectivity index (χ0) is 20.6. The van der Waals surface area contributed by atoms with Gasteiger partial charge in [0.1, 0.15) is 12.1 Å². The number of nitrogen functional groups attached to an aromatic ring is 2. The summed E-state index contributed by atoms with van der Waals surface area (Å²) in [5, 5.41) is 0.759. The molecule has 4 rings (SSSR count). The van der Waals surface area contributed by atoms with Crippen molar-refractivity contribution in [3.05, 3.63) is 73.1 Å². The van der Waals surface area contributed by atoms with Crippen LogP contribution in [0.2, 0.25) is 0 Å². The molecule has 148 valence electrons. The minimum atomic E-state index is 0.431. The number of benzene rings is 3. The number of nitrogens with two attached hydrogens (primary N) is 2. The van der Waals surface area contributed by atoms with Crippen LogP contribution < -0.4 is 20.9 Å². The van der Waals surface area contributed by atoms with Gasteiger partial charge in [0.2, 0.25) is 0 Å². The van der Waals surface area contributed by atoms with Gasteiger partial charge in [0.15, 0.2) is 11.5 Å². The monoisotopic (exact) mass is 406 g/mol. The van der Waals surface area contributed by atoms with Gasteiger partial charge in [0, 0.05) is 26.9 Å². The SMILES string of the molecule is COc1cc2ncnc(N)c2cc1OC.Nc1ccc(Sc2ccccc2)cc1. The van der Waals surface area contributed by atoms with E-state index < -0.39 is 0 Å². The lowest BCUT2D eigenvalue weighted by molar-refractivity contribution is 0.356. The standard InChI is InChI=1S/C12H11NS.C10H11N3O2/c13-10-6-8-12(9-7-10)14-11-4-2-1-3-5-11;1-14-8-3-6-7(4-9(8)15-2)12-5-13-10(6)11/h1-9H,13H2;3-5H,1-2H3,(H2,11,12,13). The fourth-order valence-electron chi connectivity index (χ4n) is 2.56. The van der Waals surface area contributed by atoms with Crippen LogP contribution in [-0.2, 0) is 0 Å². The fraction of sp³-hybridized carbons (Fsp3) is 0.0909. The first-order chi connectivity index (χ1) is 14.1. The smallest absolute Gasteiger partial charge is 0.162 e. The highest BCUT2D eigenvalue weighted by atomic mass is 32.2.